The number of hydrogen-bond donors (Lipinski definition) is 2. The highest BCUT2D eigenvalue weighted by atomic mass is 16.5. The number of esters is 2. The molecule has 0 fully saturated rings. The van der Waals surface area contributed by atoms with Gasteiger partial charge in [0.2, 0.25) is 0 Å². The summed E-state index contributed by atoms with van der Waals surface area (Å²) in [5, 5.41) is 12.5. The number of hydrogen-bond acceptors (Lipinski definition) is 9. The molecule has 34 heavy (non-hydrogen) atoms. The highest BCUT2D eigenvalue weighted by Gasteiger charge is 2.42. The van der Waals surface area contributed by atoms with Crippen LogP contribution in [-0.2, 0) is 23.8 Å². The van der Waals surface area contributed by atoms with Gasteiger partial charge in [-0.25, -0.2) is 14.4 Å². The molecule has 2 aromatic rings. The molecular weight excluding hydrogens is 440 g/mol. The maximum absolute atomic E-state index is 13.0. The van der Waals surface area contributed by atoms with Gasteiger partial charge in [-0.1, -0.05) is 30.3 Å². The molecule has 0 bridgehead atoms. The van der Waals surface area contributed by atoms with Crippen molar-refractivity contribution in [2.75, 3.05) is 31.5 Å². The Labute approximate surface area is 195 Å². The van der Waals surface area contributed by atoms with Crippen molar-refractivity contribution in [1.29, 1.82) is 5.26 Å². The van der Waals surface area contributed by atoms with Crippen LogP contribution in [0.25, 0.3) is 0 Å². The summed E-state index contributed by atoms with van der Waals surface area (Å²) in [4.78, 5) is 38.7. The molecule has 0 saturated carbocycles. The van der Waals surface area contributed by atoms with E-state index in [9.17, 15) is 19.6 Å². The monoisotopic (exact) mass is 462 g/mol. The van der Waals surface area contributed by atoms with Crippen molar-refractivity contribution < 1.29 is 28.6 Å². The lowest BCUT2D eigenvalue weighted by Gasteiger charge is -2.35. The summed E-state index contributed by atoms with van der Waals surface area (Å²) in [6.07, 6.45) is -0.661. The Morgan fingerprint density at radius 3 is 2.09 bits per heavy atom. The van der Waals surface area contributed by atoms with Crippen LogP contribution in [-0.4, -0.2) is 39.4 Å². The molecule has 0 spiro atoms. The van der Waals surface area contributed by atoms with Crippen LogP contribution in [0.5, 0.6) is 0 Å². The predicted octanol–water partition coefficient (Wildman–Crippen LogP) is 2.76. The maximum Gasteiger partial charge on any atom is 0.411 e. The van der Waals surface area contributed by atoms with Gasteiger partial charge < -0.3 is 19.9 Å². The molecule has 1 amide bonds. The SMILES string of the molecule is COC(=O)Nc1ccc(N2C(N)=C(C#N)C(c3ccccc3)C(C(=O)OC)=C2C(=O)OC)cc1. The van der Waals surface area contributed by atoms with Crippen LogP contribution in [0.4, 0.5) is 16.2 Å². The molecule has 0 saturated heterocycles. The van der Waals surface area contributed by atoms with Crippen molar-refractivity contribution >= 4 is 29.4 Å². The van der Waals surface area contributed by atoms with Gasteiger partial charge in [-0.15, -0.1) is 0 Å². The quantitative estimate of drug-likeness (QED) is 0.506. The molecule has 3 N–H and O–H groups in total. The normalized spacial score (nSPS) is 15.4. The first-order valence-corrected chi connectivity index (χ1v) is 9.98. The summed E-state index contributed by atoms with van der Waals surface area (Å²) < 4.78 is 14.5. The number of carbonyl (C=O) groups is 3. The molecule has 1 unspecified atom stereocenters. The molecule has 10 nitrogen and oxygen atoms in total. The first-order valence-electron chi connectivity index (χ1n) is 9.98. The van der Waals surface area contributed by atoms with Crippen LogP contribution in [0.3, 0.4) is 0 Å². The van der Waals surface area contributed by atoms with E-state index in [4.69, 9.17) is 15.2 Å². The molecule has 1 aliphatic heterocycles. The number of methoxy groups -OCH3 is 3. The summed E-state index contributed by atoms with van der Waals surface area (Å²) in [7, 11) is 3.58. The number of nitrogens with two attached hydrogens (primary N) is 1. The van der Waals surface area contributed by atoms with Crippen LogP contribution in [0.15, 0.2) is 77.3 Å². The number of ether oxygens (including phenoxy) is 3. The van der Waals surface area contributed by atoms with Crippen LogP contribution in [0.2, 0.25) is 0 Å². The summed E-state index contributed by atoms with van der Waals surface area (Å²) in [5.41, 5.74) is 7.51. The minimum atomic E-state index is -0.954. The van der Waals surface area contributed by atoms with Gasteiger partial charge >= 0.3 is 18.0 Å². The van der Waals surface area contributed by atoms with Crippen molar-refractivity contribution in [2.24, 2.45) is 5.73 Å². The van der Waals surface area contributed by atoms with Gasteiger partial charge in [0.1, 0.15) is 11.5 Å². The van der Waals surface area contributed by atoms with E-state index < -0.39 is 23.9 Å². The molecule has 1 heterocycles. The van der Waals surface area contributed by atoms with Gasteiger partial charge in [0.15, 0.2) is 0 Å². The van der Waals surface area contributed by atoms with Gasteiger partial charge in [-0.05, 0) is 29.8 Å². The van der Waals surface area contributed by atoms with Gasteiger partial charge in [-0.2, -0.15) is 5.26 Å². The van der Waals surface area contributed by atoms with Crippen molar-refractivity contribution in [3.8, 4) is 6.07 Å². The Kier molecular flexibility index (Phi) is 7.18. The Hall–Kier alpha value is -4.78. The third-order valence-electron chi connectivity index (χ3n) is 5.17. The molecule has 1 aliphatic rings. The Morgan fingerprint density at radius 2 is 1.56 bits per heavy atom. The molecule has 3 rings (SSSR count). The lowest BCUT2D eigenvalue weighted by Crippen LogP contribution is -2.40. The minimum Gasteiger partial charge on any atom is -0.466 e. The maximum atomic E-state index is 13.0. The fourth-order valence-corrected chi connectivity index (χ4v) is 3.64. The first kappa shape index (κ1) is 23.9. The minimum absolute atomic E-state index is 0.0519. The van der Waals surface area contributed by atoms with E-state index in [1.807, 2.05) is 0 Å². The molecule has 0 aliphatic carbocycles. The first-order chi connectivity index (χ1) is 16.4. The van der Waals surface area contributed by atoms with Gasteiger partial charge in [0, 0.05) is 11.4 Å². The molecule has 1 atom stereocenters. The van der Waals surface area contributed by atoms with Crippen molar-refractivity contribution in [1.82, 2.24) is 0 Å². The second-order valence-electron chi connectivity index (χ2n) is 7.00. The van der Waals surface area contributed by atoms with Gasteiger partial charge in [0.05, 0.1) is 44.5 Å². The van der Waals surface area contributed by atoms with Crippen LogP contribution >= 0.6 is 0 Å². The summed E-state index contributed by atoms with van der Waals surface area (Å²) in [6, 6.07) is 17.0. The number of amides is 1. The third kappa shape index (κ3) is 4.40. The van der Waals surface area contributed by atoms with Gasteiger partial charge in [0.25, 0.3) is 0 Å². The van der Waals surface area contributed by atoms with E-state index in [1.54, 1.807) is 54.6 Å². The Bertz CT molecular complexity index is 1210. The largest absolute Gasteiger partial charge is 0.466 e. The number of nitrogens with zero attached hydrogens (tertiary/aromatic N) is 2. The van der Waals surface area contributed by atoms with Crippen LogP contribution in [0, 0.1) is 11.3 Å². The van der Waals surface area contributed by atoms with E-state index in [2.05, 4.69) is 16.1 Å². The third-order valence-corrected chi connectivity index (χ3v) is 5.17. The van der Waals surface area contributed by atoms with Crippen LogP contribution in [0.1, 0.15) is 11.5 Å². The van der Waals surface area contributed by atoms with Crippen molar-refractivity contribution in [3.05, 3.63) is 82.8 Å². The topological polar surface area (TPSA) is 144 Å². The number of nitriles is 1. The summed E-state index contributed by atoms with van der Waals surface area (Å²) in [5.74, 6) is -2.68. The average molecular weight is 462 g/mol. The predicted molar refractivity (Wildman–Crippen MR) is 122 cm³/mol. The second-order valence-corrected chi connectivity index (χ2v) is 7.00. The van der Waals surface area contributed by atoms with Crippen molar-refractivity contribution in [3.63, 3.8) is 0 Å². The van der Waals surface area contributed by atoms with E-state index in [0.717, 1.165) is 0 Å². The molecular formula is C24H22N4O6. The van der Waals surface area contributed by atoms with Crippen molar-refractivity contribution in [2.45, 2.75) is 5.92 Å². The number of carbonyl (C=O) groups excluding carboxylic acids is 3. The van der Waals surface area contributed by atoms with Gasteiger partial charge in [-0.3, -0.25) is 10.2 Å². The summed E-state index contributed by atoms with van der Waals surface area (Å²) >= 11 is 0. The lowest BCUT2D eigenvalue weighted by atomic mass is 9.81. The van der Waals surface area contributed by atoms with E-state index in [1.165, 1.54) is 26.2 Å². The standard InChI is InChI=1S/C24H22N4O6/c1-32-22(29)19-18(14-7-5-4-6-8-14)17(13-25)21(26)28(20(19)23(30)33-2)16-11-9-15(10-12-16)27-24(31)34-3/h4-12,18H,26H2,1-3H3,(H,27,31). The lowest BCUT2D eigenvalue weighted by molar-refractivity contribution is -0.139. The Balaban J connectivity index is 2.27. The average Bonchev–Trinajstić information content (AvgIpc) is 2.87. The molecule has 0 aromatic heterocycles. The molecule has 2 aromatic carbocycles. The number of rotatable bonds is 5. The number of anilines is 2. The Morgan fingerprint density at radius 1 is 0.941 bits per heavy atom. The van der Waals surface area contributed by atoms with E-state index in [0.29, 0.717) is 16.9 Å². The zero-order valence-corrected chi connectivity index (χ0v) is 18.7. The molecule has 174 valence electrons. The molecule has 0 radical (unpaired) electrons. The van der Waals surface area contributed by atoms with E-state index in [-0.39, 0.29) is 22.7 Å². The summed E-state index contributed by atoms with van der Waals surface area (Å²) in [6.45, 7) is 0. The number of benzene rings is 2. The number of allylic oxidation sites excluding steroid dienone is 1. The van der Waals surface area contributed by atoms with E-state index >= 15 is 0 Å². The fourth-order valence-electron chi connectivity index (χ4n) is 3.64. The van der Waals surface area contributed by atoms with Crippen LogP contribution < -0.4 is 16.0 Å². The smallest absolute Gasteiger partial charge is 0.411 e. The number of nitrogens with one attached hydrogen (secondary N) is 1. The zero-order valence-electron chi connectivity index (χ0n) is 18.7. The fraction of sp³-hybridized carbons (Fsp3) is 0.167. The highest BCUT2D eigenvalue weighted by Crippen LogP contribution is 2.43. The second kappa shape index (κ2) is 10.2. The highest BCUT2D eigenvalue weighted by molar-refractivity contribution is 6.06. The molecule has 10 heteroatoms. The zero-order chi connectivity index (χ0) is 24.8.